The fourth-order valence-corrected chi connectivity index (χ4v) is 4.56. The lowest BCUT2D eigenvalue weighted by atomic mass is 9.98. The number of hydrogen-bond donors (Lipinski definition) is 3. The van der Waals surface area contributed by atoms with Gasteiger partial charge in [-0.05, 0) is 34.6 Å². The lowest BCUT2D eigenvalue weighted by molar-refractivity contribution is -0.148. The average molecular weight is 453 g/mol. The van der Waals surface area contributed by atoms with Crippen LogP contribution in [0.1, 0.15) is 37.3 Å². The van der Waals surface area contributed by atoms with Crippen LogP contribution in [0.15, 0.2) is 48.5 Å². The summed E-state index contributed by atoms with van der Waals surface area (Å²) in [7, 11) is 0. The highest BCUT2D eigenvalue weighted by Gasteiger charge is 2.37. The molecule has 0 unspecified atom stereocenters. The molecule has 0 spiro atoms. The maximum Gasteiger partial charge on any atom is 0.407 e. The summed E-state index contributed by atoms with van der Waals surface area (Å²) in [5, 5.41) is 14.6. The quantitative estimate of drug-likeness (QED) is 0.595. The Morgan fingerprint density at radius 3 is 2.24 bits per heavy atom. The Morgan fingerprint density at radius 2 is 1.67 bits per heavy atom. The van der Waals surface area contributed by atoms with Crippen molar-refractivity contribution in [3.8, 4) is 11.1 Å². The zero-order valence-corrected chi connectivity index (χ0v) is 18.6. The van der Waals surface area contributed by atoms with Crippen molar-refractivity contribution in [2.24, 2.45) is 5.92 Å². The molecule has 8 heteroatoms. The van der Waals surface area contributed by atoms with Crippen LogP contribution in [0.2, 0.25) is 0 Å². The van der Waals surface area contributed by atoms with E-state index in [1.165, 1.54) is 0 Å². The molecule has 1 aliphatic carbocycles. The molecule has 0 saturated carbocycles. The van der Waals surface area contributed by atoms with Crippen molar-refractivity contribution in [2.75, 3.05) is 13.2 Å². The van der Waals surface area contributed by atoms with E-state index in [1.54, 1.807) is 13.8 Å². The third-order valence-electron chi connectivity index (χ3n) is 6.23. The number of ether oxygens (including phenoxy) is 2. The van der Waals surface area contributed by atoms with E-state index in [0.29, 0.717) is 6.42 Å². The highest BCUT2D eigenvalue weighted by Crippen LogP contribution is 2.44. The van der Waals surface area contributed by atoms with Gasteiger partial charge in [-0.1, -0.05) is 62.4 Å². The van der Waals surface area contributed by atoms with Crippen LogP contribution in [0.4, 0.5) is 4.79 Å². The Morgan fingerprint density at radius 1 is 1.06 bits per heavy atom. The highest BCUT2D eigenvalue weighted by molar-refractivity contribution is 5.87. The lowest BCUT2D eigenvalue weighted by Gasteiger charge is -2.25. The van der Waals surface area contributed by atoms with E-state index in [1.807, 2.05) is 36.4 Å². The van der Waals surface area contributed by atoms with E-state index >= 15 is 0 Å². The molecule has 33 heavy (non-hydrogen) atoms. The topological polar surface area (TPSA) is 114 Å². The number of amides is 2. The van der Waals surface area contributed by atoms with E-state index in [0.717, 1.165) is 22.3 Å². The number of fused-ring (bicyclic) bond motifs is 3. The Hall–Kier alpha value is -3.39. The number of alkyl carbamates (subject to hydrolysis) is 1. The van der Waals surface area contributed by atoms with Crippen LogP contribution < -0.4 is 10.6 Å². The molecule has 0 bridgehead atoms. The summed E-state index contributed by atoms with van der Waals surface area (Å²) in [5.74, 6) is -1.89. The van der Waals surface area contributed by atoms with Crippen molar-refractivity contribution in [2.45, 2.75) is 44.4 Å². The smallest absolute Gasteiger partial charge is 0.407 e. The van der Waals surface area contributed by atoms with Gasteiger partial charge in [0.25, 0.3) is 0 Å². The minimum Gasteiger partial charge on any atom is -0.479 e. The molecule has 3 atom stereocenters. The molecular formula is C25H28N2O6. The van der Waals surface area contributed by atoms with Crippen molar-refractivity contribution in [1.82, 2.24) is 10.6 Å². The van der Waals surface area contributed by atoms with E-state index < -0.39 is 36.2 Å². The number of nitrogens with one attached hydrogen (secondary N) is 2. The van der Waals surface area contributed by atoms with E-state index in [-0.39, 0.29) is 25.0 Å². The van der Waals surface area contributed by atoms with Gasteiger partial charge in [0.15, 0.2) is 6.10 Å². The van der Waals surface area contributed by atoms with Crippen molar-refractivity contribution < 1.29 is 29.0 Å². The molecule has 2 aliphatic rings. The summed E-state index contributed by atoms with van der Waals surface area (Å²) in [4.78, 5) is 36.7. The second kappa shape index (κ2) is 9.62. The number of benzene rings is 2. The van der Waals surface area contributed by atoms with Crippen LogP contribution in [-0.2, 0) is 19.1 Å². The van der Waals surface area contributed by atoms with Crippen molar-refractivity contribution in [3.05, 3.63) is 59.7 Å². The monoisotopic (exact) mass is 452 g/mol. The fourth-order valence-electron chi connectivity index (χ4n) is 4.56. The summed E-state index contributed by atoms with van der Waals surface area (Å²) in [6.45, 7) is 4.00. The Kier molecular flexibility index (Phi) is 6.65. The zero-order chi connectivity index (χ0) is 23.5. The second-order valence-electron chi connectivity index (χ2n) is 8.72. The Labute approximate surface area is 192 Å². The maximum atomic E-state index is 12.8. The molecule has 2 amide bonds. The normalized spacial score (nSPS) is 20.1. The minimum absolute atomic E-state index is 0.0820. The molecule has 1 saturated heterocycles. The summed E-state index contributed by atoms with van der Waals surface area (Å²) in [6.07, 6.45) is -1.38. The van der Waals surface area contributed by atoms with Crippen LogP contribution in [0.3, 0.4) is 0 Å². The summed E-state index contributed by atoms with van der Waals surface area (Å²) >= 11 is 0. The number of hydrogen-bond acceptors (Lipinski definition) is 5. The van der Waals surface area contributed by atoms with Crippen molar-refractivity contribution in [1.29, 1.82) is 0 Å². The largest absolute Gasteiger partial charge is 0.479 e. The van der Waals surface area contributed by atoms with Gasteiger partial charge in [0.1, 0.15) is 12.6 Å². The summed E-state index contributed by atoms with van der Waals surface area (Å²) in [6, 6.07) is 14.6. The standard InChI is InChI=1S/C25H28N2O6/c1-14(2)21(23(28)26-20-11-12-32-22(20)24(29)30)27-25(31)33-13-19-17-9-5-3-7-15(17)16-8-4-6-10-18(16)19/h3-10,14,19-22H,11-13H2,1-2H3,(H,26,28)(H,27,31)(H,29,30)/t20-,21-,22+/m0/s1. The third kappa shape index (κ3) is 4.71. The number of carbonyl (C=O) groups excluding carboxylic acids is 2. The van der Waals surface area contributed by atoms with Gasteiger partial charge < -0.3 is 25.2 Å². The first-order chi connectivity index (χ1) is 15.9. The lowest BCUT2D eigenvalue weighted by Crippen LogP contribution is -2.54. The van der Waals surface area contributed by atoms with Gasteiger partial charge in [0, 0.05) is 12.5 Å². The molecule has 3 N–H and O–H groups in total. The first kappa shape index (κ1) is 22.8. The first-order valence-corrected chi connectivity index (χ1v) is 11.1. The second-order valence-corrected chi connectivity index (χ2v) is 8.72. The van der Waals surface area contributed by atoms with Crippen LogP contribution in [-0.4, -0.2) is 54.5 Å². The predicted octanol–water partition coefficient (Wildman–Crippen LogP) is 2.91. The number of aliphatic carboxylic acids is 1. The number of carboxylic acid groups (broad SMARTS) is 1. The van der Waals surface area contributed by atoms with Crippen LogP contribution in [0, 0.1) is 5.92 Å². The number of rotatable bonds is 7. The van der Waals surface area contributed by atoms with Crippen LogP contribution >= 0.6 is 0 Å². The predicted molar refractivity (Wildman–Crippen MR) is 121 cm³/mol. The molecule has 174 valence electrons. The molecule has 0 radical (unpaired) electrons. The van der Waals surface area contributed by atoms with Crippen molar-refractivity contribution >= 4 is 18.0 Å². The highest BCUT2D eigenvalue weighted by atomic mass is 16.5. The van der Waals surface area contributed by atoms with Gasteiger partial charge in [-0.15, -0.1) is 0 Å². The van der Waals surface area contributed by atoms with Gasteiger partial charge >= 0.3 is 12.1 Å². The van der Waals surface area contributed by atoms with Crippen molar-refractivity contribution in [3.63, 3.8) is 0 Å². The minimum atomic E-state index is -1.12. The third-order valence-corrected chi connectivity index (χ3v) is 6.23. The van der Waals surface area contributed by atoms with Crippen LogP contribution in [0.5, 0.6) is 0 Å². The summed E-state index contributed by atoms with van der Waals surface area (Å²) < 4.78 is 10.7. The molecule has 4 rings (SSSR count). The van der Waals surface area contributed by atoms with Gasteiger partial charge in [0.2, 0.25) is 5.91 Å². The molecule has 2 aromatic carbocycles. The first-order valence-electron chi connectivity index (χ1n) is 11.1. The number of carboxylic acids is 1. The average Bonchev–Trinajstić information content (AvgIpc) is 3.38. The fraction of sp³-hybridized carbons (Fsp3) is 0.400. The van der Waals surface area contributed by atoms with E-state index in [4.69, 9.17) is 9.47 Å². The summed E-state index contributed by atoms with van der Waals surface area (Å²) in [5.41, 5.74) is 4.47. The zero-order valence-electron chi connectivity index (χ0n) is 18.6. The number of carbonyl (C=O) groups is 3. The Balaban J connectivity index is 1.39. The molecular weight excluding hydrogens is 424 g/mol. The molecule has 1 aliphatic heterocycles. The van der Waals surface area contributed by atoms with Gasteiger partial charge in [-0.25, -0.2) is 9.59 Å². The Bertz CT molecular complexity index is 1010. The molecule has 1 fully saturated rings. The van der Waals surface area contributed by atoms with E-state index in [9.17, 15) is 19.5 Å². The molecule has 8 nitrogen and oxygen atoms in total. The molecule has 1 heterocycles. The van der Waals surface area contributed by atoms with E-state index in [2.05, 4.69) is 22.8 Å². The SMILES string of the molecule is CC(C)[C@H](NC(=O)OCC1c2ccccc2-c2ccccc21)C(=O)N[C@H]1CCO[C@H]1C(=O)O. The van der Waals surface area contributed by atoms with Gasteiger partial charge in [-0.3, -0.25) is 4.79 Å². The van der Waals surface area contributed by atoms with Gasteiger partial charge in [-0.2, -0.15) is 0 Å². The molecule has 0 aromatic heterocycles. The van der Waals surface area contributed by atoms with Gasteiger partial charge in [0.05, 0.1) is 6.04 Å². The van der Waals surface area contributed by atoms with Crippen LogP contribution in [0.25, 0.3) is 11.1 Å². The molecule has 2 aromatic rings. The maximum absolute atomic E-state index is 12.8.